The van der Waals surface area contributed by atoms with Gasteiger partial charge in [-0.2, -0.15) is 0 Å². The Hall–Kier alpha value is -6.52. The summed E-state index contributed by atoms with van der Waals surface area (Å²) in [5.41, 5.74) is 5.67. The standard InChI is InChI=1S/C45H50N8O8/c1-24(60-4)38(50-43(57)58)41(55)52-18-6-8-36(52)39-46-32-16-14-30(22-34(32)48-39)28-12-10-27-21-29(13-11-26(27)20-28)31-15-17-33-35(23-31)49-40(47-33)37-9-7-19-53(37)42(56)45(3,25(2)54)51-44(59)61-5/h10-17,20-25,36-38,50,54H,6-9,18-19H2,1-5H3,(H,46,48)(H,47,49)(H,51,59)(H,57,58)/t24-,25-,36+,37+,38+,45+/m1/s1. The number of alkyl carbamates (subject to hydrolysis) is 1. The van der Waals surface area contributed by atoms with Crippen LogP contribution in [0, 0.1) is 0 Å². The zero-order valence-corrected chi connectivity index (χ0v) is 34.7. The Morgan fingerprint density at radius 3 is 1.75 bits per heavy atom. The first-order valence-electron chi connectivity index (χ1n) is 20.5. The summed E-state index contributed by atoms with van der Waals surface area (Å²) in [6.45, 7) is 5.59. The number of amides is 4. The van der Waals surface area contributed by atoms with Crippen molar-refractivity contribution in [2.24, 2.45) is 0 Å². The summed E-state index contributed by atoms with van der Waals surface area (Å²) in [5.74, 6) is 0.556. The van der Waals surface area contributed by atoms with Gasteiger partial charge in [0.15, 0.2) is 0 Å². The molecule has 0 aliphatic carbocycles. The molecule has 0 radical (unpaired) electrons. The van der Waals surface area contributed by atoms with E-state index in [-0.39, 0.29) is 18.0 Å². The molecule has 2 saturated heterocycles. The number of nitrogens with zero attached hydrogens (tertiary/aromatic N) is 4. The Labute approximate surface area is 351 Å². The lowest BCUT2D eigenvalue weighted by atomic mass is 9.93. The Balaban J connectivity index is 1.00. The Morgan fingerprint density at radius 2 is 1.26 bits per heavy atom. The Morgan fingerprint density at radius 1 is 0.770 bits per heavy atom. The minimum Gasteiger partial charge on any atom is -0.465 e. The summed E-state index contributed by atoms with van der Waals surface area (Å²) in [6, 6.07) is 23.1. The molecular weight excluding hydrogens is 781 g/mol. The lowest BCUT2D eigenvalue weighted by Crippen LogP contribution is -2.63. The van der Waals surface area contributed by atoms with Crippen LogP contribution in [0.3, 0.4) is 0 Å². The number of fused-ring (bicyclic) bond motifs is 3. The van der Waals surface area contributed by atoms with Gasteiger partial charge in [0.05, 0.1) is 53.5 Å². The number of carbonyl (C=O) groups excluding carboxylic acids is 3. The van der Waals surface area contributed by atoms with Crippen molar-refractivity contribution in [1.29, 1.82) is 0 Å². The lowest BCUT2D eigenvalue weighted by Gasteiger charge is -2.37. The molecule has 8 rings (SSSR count). The van der Waals surface area contributed by atoms with Crippen LogP contribution in [0.2, 0.25) is 0 Å². The van der Waals surface area contributed by atoms with Crippen LogP contribution < -0.4 is 10.6 Å². The molecule has 6 atom stereocenters. The summed E-state index contributed by atoms with van der Waals surface area (Å²) < 4.78 is 10.1. The number of aliphatic hydroxyl groups is 1. The SMILES string of the molecule is COC(=O)N[C@](C)(C(=O)N1CCC[C@H]1c1nc2cc(-c3ccc4cc(-c5ccc6[nH]c([C@@H]7CCCN7C(=O)[C@@H](NC(=O)O)[C@@H](C)OC)nc6c5)ccc4c3)ccc2[nH]1)[C@@H](C)O. The van der Waals surface area contributed by atoms with Crippen molar-refractivity contribution in [3.63, 3.8) is 0 Å². The van der Waals surface area contributed by atoms with E-state index in [0.717, 1.165) is 67.9 Å². The first-order valence-corrected chi connectivity index (χ1v) is 20.5. The second kappa shape index (κ2) is 16.5. The second-order valence-electron chi connectivity index (χ2n) is 16.2. The average molecular weight is 831 g/mol. The summed E-state index contributed by atoms with van der Waals surface area (Å²) in [4.78, 5) is 71.0. The number of rotatable bonds is 11. The van der Waals surface area contributed by atoms with Crippen molar-refractivity contribution in [3.8, 4) is 22.3 Å². The largest absolute Gasteiger partial charge is 0.465 e. The molecule has 61 heavy (non-hydrogen) atoms. The fourth-order valence-corrected chi connectivity index (χ4v) is 8.67. The molecule has 0 spiro atoms. The maximum absolute atomic E-state index is 13.8. The monoisotopic (exact) mass is 830 g/mol. The molecule has 2 aliphatic heterocycles. The smallest absolute Gasteiger partial charge is 0.407 e. The van der Waals surface area contributed by atoms with Crippen LogP contribution in [0.1, 0.15) is 70.2 Å². The van der Waals surface area contributed by atoms with Crippen LogP contribution >= 0.6 is 0 Å². The van der Waals surface area contributed by atoms with E-state index < -0.39 is 41.9 Å². The lowest BCUT2D eigenvalue weighted by molar-refractivity contribution is -0.143. The van der Waals surface area contributed by atoms with Crippen LogP contribution in [-0.2, 0) is 19.1 Å². The van der Waals surface area contributed by atoms with Gasteiger partial charge in [-0.3, -0.25) is 9.59 Å². The molecular formula is C45H50N8O8. The highest BCUT2D eigenvalue weighted by atomic mass is 16.5. The van der Waals surface area contributed by atoms with Crippen molar-refractivity contribution in [1.82, 2.24) is 40.4 Å². The van der Waals surface area contributed by atoms with Gasteiger partial charge in [-0.1, -0.05) is 36.4 Å². The number of imidazole rings is 2. The van der Waals surface area contributed by atoms with E-state index in [0.29, 0.717) is 37.6 Å². The number of H-pyrrole nitrogens is 2. The van der Waals surface area contributed by atoms with Gasteiger partial charge in [-0.25, -0.2) is 19.6 Å². The van der Waals surface area contributed by atoms with Crippen LogP contribution in [0.5, 0.6) is 0 Å². The first kappa shape index (κ1) is 41.2. The summed E-state index contributed by atoms with van der Waals surface area (Å²) >= 11 is 0. The minimum absolute atomic E-state index is 0.319. The van der Waals surface area contributed by atoms with E-state index in [4.69, 9.17) is 19.4 Å². The molecule has 4 heterocycles. The van der Waals surface area contributed by atoms with Crippen molar-refractivity contribution in [2.45, 2.75) is 82.3 Å². The number of likely N-dealkylation sites (tertiary alicyclic amines) is 2. The Bertz CT molecular complexity index is 2660. The van der Waals surface area contributed by atoms with Gasteiger partial charge in [-0.15, -0.1) is 0 Å². The quantitative estimate of drug-likeness (QED) is 0.0843. The fraction of sp³-hybridized carbons (Fsp3) is 0.378. The molecule has 4 amide bonds. The highest BCUT2D eigenvalue weighted by molar-refractivity contribution is 5.94. The summed E-state index contributed by atoms with van der Waals surface area (Å²) in [7, 11) is 2.66. The predicted molar refractivity (Wildman–Crippen MR) is 229 cm³/mol. The number of nitrogens with one attached hydrogen (secondary N) is 4. The average Bonchev–Trinajstić information content (AvgIpc) is 4.09. The van der Waals surface area contributed by atoms with E-state index in [1.807, 2.05) is 36.4 Å². The van der Waals surface area contributed by atoms with E-state index >= 15 is 0 Å². The topological polar surface area (TPSA) is 215 Å². The van der Waals surface area contributed by atoms with Crippen LogP contribution in [0.4, 0.5) is 9.59 Å². The number of ether oxygens (including phenoxy) is 2. The van der Waals surface area contributed by atoms with Gasteiger partial charge >= 0.3 is 12.2 Å². The number of benzene rings is 4. The van der Waals surface area contributed by atoms with Crippen molar-refractivity contribution in [2.75, 3.05) is 27.3 Å². The summed E-state index contributed by atoms with van der Waals surface area (Å²) in [6.07, 6.45) is -0.992. The molecule has 0 bridgehead atoms. The number of hydrogen-bond donors (Lipinski definition) is 6. The molecule has 4 aromatic carbocycles. The van der Waals surface area contributed by atoms with Gasteiger partial charge < -0.3 is 50.1 Å². The number of aromatic nitrogens is 4. The Kier molecular flexibility index (Phi) is 11.2. The second-order valence-corrected chi connectivity index (χ2v) is 16.2. The first-order chi connectivity index (χ1) is 29.3. The predicted octanol–water partition coefficient (Wildman–Crippen LogP) is 6.42. The molecule has 2 aliphatic rings. The van der Waals surface area contributed by atoms with Crippen molar-refractivity contribution in [3.05, 3.63) is 84.4 Å². The number of aromatic amines is 2. The van der Waals surface area contributed by atoms with E-state index in [9.17, 15) is 29.4 Å². The summed E-state index contributed by atoms with van der Waals surface area (Å²) in [5, 5.41) is 26.9. The normalized spacial score (nSPS) is 19.2. The van der Waals surface area contributed by atoms with E-state index in [1.165, 1.54) is 28.1 Å². The van der Waals surface area contributed by atoms with E-state index in [1.54, 1.807) is 16.7 Å². The highest BCUT2D eigenvalue weighted by Gasteiger charge is 2.46. The van der Waals surface area contributed by atoms with Crippen LogP contribution in [0.15, 0.2) is 72.8 Å². The molecule has 16 nitrogen and oxygen atoms in total. The number of carboxylic acid groups (broad SMARTS) is 1. The third-order valence-electron chi connectivity index (χ3n) is 12.4. The van der Waals surface area contributed by atoms with Crippen LogP contribution in [-0.4, -0.2) is 115 Å². The zero-order chi connectivity index (χ0) is 43.2. The maximum atomic E-state index is 13.8. The molecule has 16 heteroatoms. The maximum Gasteiger partial charge on any atom is 0.407 e. The van der Waals surface area contributed by atoms with Gasteiger partial charge in [0.2, 0.25) is 5.91 Å². The molecule has 2 aromatic heterocycles. The van der Waals surface area contributed by atoms with Gasteiger partial charge in [0, 0.05) is 20.2 Å². The molecule has 6 N–H and O–H groups in total. The fourth-order valence-electron chi connectivity index (χ4n) is 8.67. The van der Waals surface area contributed by atoms with Gasteiger partial charge in [0.1, 0.15) is 23.2 Å². The number of hydrogen-bond acceptors (Lipinski definition) is 9. The molecule has 0 unspecified atom stereocenters. The third-order valence-corrected chi connectivity index (χ3v) is 12.4. The number of methoxy groups -OCH3 is 2. The number of carbonyl (C=O) groups is 4. The molecule has 2 fully saturated rings. The van der Waals surface area contributed by atoms with Gasteiger partial charge in [-0.05, 0) is 116 Å². The molecule has 6 aromatic rings. The van der Waals surface area contributed by atoms with Crippen molar-refractivity contribution >= 4 is 56.8 Å². The number of aliphatic hydroxyl groups excluding tert-OH is 1. The molecule has 0 saturated carbocycles. The van der Waals surface area contributed by atoms with Crippen LogP contribution in [0.25, 0.3) is 55.1 Å². The molecule has 318 valence electrons. The third kappa shape index (κ3) is 7.84. The van der Waals surface area contributed by atoms with E-state index in [2.05, 4.69) is 57.0 Å². The minimum atomic E-state index is -1.58. The zero-order valence-electron chi connectivity index (χ0n) is 34.7. The van der Waals surface area contributed by atoms with Gasteiger partial charge in [0.25, 0.3) is 5.91 Å². The highest BCUT2D eigenvalue weighted by Crippen LogP contribution is 2.37. The van der Waals surface area contributed by atoms with Crippen molar-refractivity contribution < 1.29 is 38.9 Å².